The number of rotatable bonds is 4. The number of carbonyl (C=O) groups excluding carboxylic acids is 1. The van der Waals surface area contributed by atoms with Crippen molar-refractivity contribution in [3.8, 4) is 5.75 Å². The van der Waals surface area contributed by atoms with Gasteiger partial charge in [0.05, 0.1) is 13.0 Å². The average Bonchev–Trinajstić information content (AvgIpc) is 2.77. The molecule has 0 spiro atoms. The molecule has 4 heteroatoms. The molecular formula is C17H23NO3. The zero-order valence-corrected chi connectivity index (χ0v) is 13.1. The van der Waals surface area contributed by atoms with Crippen LogP contribution < -0.4 is 0 Å². The number of H-pyrrole nitrogens is 1. The largest absolute Gasteiger partial charge is 0.508 e. The van der Waals surface area contributed by atoms with E-state index in [9.17, 15) is 9.90 Å². The quantitative estimate of drug-likeness (QED) is 0.837. The lowest BCUT2D eigenvalue weighted by Crippen LogP contribution is -2.22. The number of aromatic amines is 1. The van der Waals surface area contributed by atoms with Crippen molar-refractivity contribution in [2.45, 2.75) is 40.0 Å². The molecule has 1 unspecified atom stereocenters. The number of carbonyl (C=O) groups is 1. The van der Waals surface area contributed by atoms with E-state index in [1.807, 2.05) is 19.2 Å². The number of phenolic OH excluding ortho intramolecular Hbond substituents is 1. The molecule has 0 aliphatic carbocycles. The van der Waals surface area contributed by atoms with Crippen molar-refractivity contribution >= 4 is 16.9 Å². The number of hydrogen-bond acceptors (Lipinski definition) is 3. The lowest BCUT2D eigenvalue weighted by molar-refractivity contribution is -0.144. The first-order chi connectivity index (χ1) is 9.82. The third-order valence-electron chi connectivity index (χ3n) is 3.79. The Morgan fingerprint density at radius 3 is 2.71 bits per heavy atom. The third kappa shape index (κ3) is 3.38. The van der Waals surface area contributed by atoms with E-state index >= 15 is 0 Å². The van der Waals surface area contributed by atoms with Crippen LogP contribution in [0.3, 0.4) is 0 Å². The number of nitrogens with one attached hydrogen (secondary N) is 1. The fourth-order valence-corrected chi connectivity index (χ4v) is 2.69. The van der Waals surface area contributed by atoms with E-state index in [2.05, 4.69) is 25.8 Å². The van der Waals surface area contributed by atoms with Gasteiger partial charge in [0.15, 0.2) is 0 Å². The summed E-state index contributed by atoms with van der Waals surface area (Å²) in [5, 5.41) is 10.6. The Morgan fingerprint density at radius 1 is 1.38 bits per heavy atom. The van der Waals surface area contributed by atoms with Crippen LogP contribution >= 0.6 is 0 Å². The number of esters is 1. The molecule has 0 aliphatic heterocycles. The van der Waals surface area contributed by atoms with Gasteiger partial charge in [0.1, 0.15) is 5.75 Å². The number of aromatic nitrogens is 1. The molecule has 2 rings (SSSR count). The van der Waals surface area contributed by atoms with E-state index in [4.69, 9.17) is 4.74 Å². The minimum Gasteiger partial charge on any atom is -0.508 e. The molecule has 0 radical (unpaired) electrons. The third-order valence-corrected chi connectivity index (χ3v) is 3.79. The molecule has 0 amide bonds. The van der Waals surface area contributed by atoms with Crippen molar-refractivity contribution in [2.24, 2.45) is 5.41 Å². The summed E-state index contributed by atoms with van der Waals surface area (Å²) < 4.78 is 5.11. The summed E-state index contributed by atoms with van der Waals surface area (Å²) in [6.45, 7) is 8.58. The predicted molar refractivity (Wildman–Crippen MR) is 83.4 cm³/mol. The first kappa shape index (κ1) is 15.4. The van der Waals surface area contributed by atoms with Gasteiger partial charge in [-0.05, 0) is 30.0 Å². The standard InChI is InChI=1S/C17H23NO3/c1-5-21-16(20)9-14(17(2,3)4)13-10-18-15-8-11(19)6-7-12(13)15/h6-8,10,14,18-19H,5,9H2,1-4H3. The van der Waals surface area contributed by atoms with Crippen LogP contribution in [0.5, 0.6) is 5.75 Å². The van der Waals surface area contributed by atoms with E-state index in [0.29, 0.717) is 13.0 Å². The Bertz CT molecular complexity index is 637. The van der Waals surface area contributed by atoms with Gasteiger partial charge in [0.25, 0.3) is 0 Å². The van der Waals surface area contributed by atoms with Crippen molar-refractivity contribution in [3.63, 3.8) is 0 Å². The van der Waals surface area contributed by atoms with E-state index in [1.54, 1.807) is 12.1 Å². The molecule has 1 aromatic carbocycles. The Balaban J connectivity index is 2.42. The molecule has 21 heavy (non-hydrogen) atoms. The van der Waals surface area contributed by atoms with Gasteiger partial charge in [-0.3, -0.25) is 4.79 Å². The Hall–Kier alpha value is -1.97. The second-order valence-electron chi connectivity index (χ2n) is 6.40. The predicted octanol–water partition coefficient (Wildman–Crippen LogP) is 3.96. The summed E-state index contributed by atoms with van der Waals surface area (Å²) in [6.07, 6.45) is 2.28. The fraction of sp³-hybridized carbons (Fsp3) is 0.471. The maximum absolute atomic E-state index is 11.9. The van der Waals surface area contributed by atoms with Crippen LogP contribution in [0.1, 0.15) is 45.6 Å². The minimum absolute atomic E-state index is 0.0508. The van der Waals surface area contributed by atoms with Crippen LogP contribution in [0.2, 0.25) is 0 Å². The molecule has 0 bridgehead atoms. The van der Waals surface area contributed by atoms with Crippen LogP contribution in [0.25, 0.3) is 10.9 Å². The molecule has 0 aliphatic rings. The second kappa shape index (κ2) is 5.80. The Labute approximate surface area is 125 Å². The molecule has 0 saturated carbocycles. The van der Waals surface area contributed by atoms with E-state index in [-0.39, 0.29) is 23.1 Å². The van der Waals surface area contributed by atoms with Gasteiger partial charge in [-0.15, -0.1) is 0 Å². The molecule has 114 valence electrons. The lowest BCUT2D eigenvalue weighted by Gasteiger charge is -2.30. The molecule has 2 N–H and O–H groups in total. The van der Waals surface area contributed by atoms with Crippen LogP contribution in [0.15, 0.2) is 24.4 Å². The number of aromatic hydroxyl groups is 1. The van der Waals surface area contributed by atoms with Crippen molar-refractivity contribution < 1.29 is 14.6 Å². The van der Waals surface area contributed by atoms with Gasteiger partial charge < -0.3 is 14.8 Å². The molecule has 0 saturated heterocycles. The van der Waals surface area contributed by atoms with Crippen molar-refractivity contribution in [1.82, 2.24) is 4.98 Å². The minimum atomic E-state index is -0.175. The molecule has 1 atom stereocenters. The summed E-state index contributed by atoms with van der Waals surface area (Å²) in [5.41, 5.74) is 1.90. The lowest BCUT2D eigenvalue weighted by atomic mass is 9.74. The molecule has 0 fully saturated rings. The first-order valence-corrected chi connectivity index (χ1v) is 7.28. The number of ether oxygens (including phenoxy) is 1. The summed E-state index contributed by atoms with van der Waals surface area (Å²) in [4.78, 5) is 15.1. The topological polar surface area (TPSA) is 62.3 Å². The number of hydrogen-bond donors (Lipinski definition) is 2. The second-order valence-corrected chi connectivity index (χ2v) is 6.40. The van der Waals surface area contributed by atoms with Gasteiger partial charge in [0, 0.05) is 29.1 Å². The van der Waals surface area contributed by atoms with Crippen LogP contribution in [0, 0.1) is 5.41 Å². The molecule has 4 nitrogen and oxygen atoms in total. The van der Waals surface area contributed by atoms with Crippen molar-refractivity contribution in [3.05, 3.63) is 30.0 Å². The maximum Gasteiger partial charge on any atom is 0.306 e. The number of fused-ring (bicyclic) bond motifs is 1. The zero-order valence-electron chi connectivity index (χ0n) is 13.1. The SMILES string of the molecule is CCOC(=O)CC(c1c[nH]c2cc(O)ccc12)C(C)(C)C. The summed E-state index contributed by atoms with van der Waals surface area (Å²) in [7, 11) is 0. The summed E-state index contributed by atoms with van der Waals surface area (Å²) in [5.74, 6) is 0.106. The van der Waals surface area contributed by atoms with Crippen LogP contribution in [-0.2, 0) is 9.53 Å². The fourth-order valence-electron chi connectivity index (χ4n) is 2.69. The van der Waals surface area contributed by atoms with Crippen LogP contribution in [0.4, 0.5) is 0 Å². The highest BCUT2D eigenvalue weighted by Crippen LogP contribution is 2.41. The average molecular weight is 289 g/mol. The normalized spacial score (nSPS) is 13.3. The van der Waals surface area contributed by atoms with Gasteiger partial charge in [-0.25, -0.2) is 0 Å². The molecule has 1 aromatic heterocycles. The highest BCUT2D eigenvalue weighted by Gasteiger charge is 2.31. The smallest absolute Gasteiger partial charge is 0.306 e. The highest BCUT2D eigenvalue weighted by molar-refractivity contribution is 5.85. The van der Waals surface area contributed by atoms with Gasteiger partial charge in [-0.1, -0.05) is 20.8 Å². The maximum atomic E-state index is 11.9. The zero-order chi connectivity index (χ0) is 15.6. The van der Waals surface area contributed by atoms with E-state index in [1.165, 1.54) is 0 Å². The number of benzene rings is 1. The van der Waals surface area contributed by atoms with Crippen molar-refractivity contribution in [1.29, 1.82) is 0 Å². The molecule has 1 heterocycles. The van der Waals surface area contributed by atoms with Crippen LogP contribution in [-0.4, -0.2) is 22.7 Å². The Morgan fingerprint density at radius 2 is 2.10 bits per heavy atom. The number of phenols is 1. The van der Waals surface area contributed by atoms with Crippen molar-refractivity contribution in [2.75, 3.05) is 6.61 Å². The Kier molecular flexibility index (Phi) is 4.26. The van der Waals surface area contributed by atoms with Gasteiger partial charge in [0.2, 0.25) is 0 Å². The molecular weight excluding hydrogens is 266 g/mol. The van der Waals surface area contributed by atoms with E-state index < -0.39 is 0 Å². The highest BCUT2D eigenvalue weighted by atomic mass is 16.5. The molecule has 2 aromatic rings. The monoisotopic (exact) mass is 289 g/mol. The van der Waals surface area contributed by atoms with E-state index in [0.717, 1.165) is 16.5 Å². The first-order valence-electron chi connectivity index (χ1n) is 7.28. The van der Waals surface area contributed by atoms with Gasteiger partial charge >= 0.3 is 5.97 Å². The van der Waals surface area contributed by atoms with Gasteiger partial charge in [-0.2, -0.15) is 0 Å². The summed E-state index contributed by atoms with van der Waals surface area (Å²) in [6, 6.07) is 5.26. The summed E-state index contributed by atoms with van der Waals surface area (Å²) >= 11 is 0.